The zero-order valence-corrected chi connectivity index (χ0v) is 12.1. The Morgan fingerprint density at radius 1 is 1.09 bits per heavy atom. The molecule has 0 saturated carbocycles. The highest BCUT2D eigenvalue weighted by molar-refractivity contribution is 5.65. The van der Waals surface area contributed by atoms with E-state index < -0.39 is 0 Å². The van der Waals surface area contributed by atoms with Crippen molar-refractivity contribution in [1.82, 2.24) is 24.4 Å². The summed E-state index contributed by atoms with van der Waals surface area (Å²) >= 11 is 0. The van der Waals surface area contributed by atoms with Crippen LogP contribution in [0.15, 0.2) is 55.1 Å². The third-order valence-electron chi connectivity index (χ3n) is 3.68. The highest BCUT2D eigenvalue weighted by Crippen LogP contribution is 2.18. The van der Waals surface area contributed by atoms with Gasteiger partial charge in [0.2, 0.25) is 0 Å². The molecular formula is C16H13FN6. The van der Waals surface area contributed by atoms with Gasteiger partial charge in [-0.15, -0.1) is 0 Å². The lowest BCUT2D eigenvalue weighted by atomic mass is 10.2. The maximum atomic E-state index is 13.8. The molecule has 0 bridgehead atoms. The van der Waals surface area contributed by atoms with E-state index in [9.17, 15) is 4.39 Å². The van der Waals surface area contributed by atoms with Gasteiger partial charge in [-0.2, -0.15) is 10.2 Å². The average Bonchev–Trinajstić information content (AvgIpc) is 3.17. The Hall–Kier alpha value is -3.22. The van der Waals surface area contributed by atoms with Gasteiger partial charge < -0.3 is 5.73 Å². The van der Waals surface area contributed by atoms with Crippen LogP contribution in [0.2, 0.25) is 0 Å². The van der Waals surface area contributed by atoms with Gasteiger partial charge in [0.15, 0.2) is 5.82 Å². The minimum Gasteiger partial charge on any atom is -0.382 e. The van der Waals surface area contributed by atoms with Gasteiger partial charge in [0.25, 0.3) is 0 Å². The van der Waals surface area contributed by atoms with Gasteiger partial charge in [-0.05, 0) is 29.8 Å². The second kappa shape index (κ2) is 5.20. The number of halogens is 1. The molecule has 0 atom stereocenters. The smallest absolute Gasteiger partial charge is 0.151 e. The van der Waals surface area contributed by atoms with Crippen molar-refractivity contribution in [3.05, 3.63) is 72.2 Å². The first-order valence-corrected chi connectivity index (χ1v) is 7.08. The van der Waals surface area contributed by atoms with Crippen molar-refractivity contribution in [1.29, 1.82) is 0 Å². The molecule has 0 spiro atoms. The topological polar surface area (TPSA) is 74.0 Å². The van der Waals surface area contributed by atoms with Crippen molar-refractivity contribution >= 4 is 11.3 Å². The molecule has 0 aliphatic carbocycles. The second-order valence-corrected chi connectivity index (χ2v) is 5.19. The van der Waals surface area contributed by atoms with E-state index in [2.05, 4.69) is 15.2 Å². The highest BCUT2D eigenvalue weighted by atomic mass is 19.1. The van der Waals surface area contributed by atoms with Crippen molar-refractivity contribution in [3.8, 4) is 5.69 Å². The van der Waals surface area contributed by atoms with Crippen molar-refractivity contribution in [2.24, 2.45) is 0 Å². The second-order valence-electron chi connectivity index (χ2n) is 5.19. The van der Waals surface area contributed by atoms with E-state index in [0.717, 1.165) is 16.8 Å². The zero-order chi connectivity index (χ0) is 15.8. The van der Waals surface area contributed by atoms with Crippen LogP contribution < -0.4 is 5.73 Å². The van der Waals surface area contributed by atoms with Gasteiger partial charge >= 0.3 is 0 Å². The Labute approximate surface area is 131 Å². The number of hydrogen-bond acceptors (Lipinski definition) is 4. The molecular weight excluding hydrogens is 295 g/mol. The van der Waals surface area contributed by atoms with Crippen LogP contribution in [0.4, 0.5) is 10.2 Å². The summed E-state index contributed by atoms with van der Waals surface area (Å²) in [7, 11) is 0. The van der Waals surface area contributed by atoms with E-state index in [-0.39, 0.29) is 5.82 Å². The molecule has 23 heavy (non-hydrogen) atoms. The van der Waals surface area contributed by atoms with Crippen LogP contribution in [0.1, 0.15) is 11.3 Å². The number of hydrogen-bond donors (Lipinski definition) is 1. The zero-order valence-electron chi connectivity index (χ0n) is 12.1. The molecule has 0 aliphatic rings. The van der Waals surface area contributed by atoms with Crippen LogP contribution >= 0.6 is 0 Å². The fourth-order valence-corrected chi connectivity index (χ4v) is 2.57. The number of aromatic nitrogens is 5. The summed E-state index contributed by atoms with van der Waals surface area (Å²) in [6.07, 6.45) is 5.56. The Kier molecular flexibility index (Phi) is 3.04. The number of benzene rings is 1. The summed E-state index contributed by atoms with van der Waals surface area (Å²) in [4.78, 5) is 3.97. The lowest BCUT2D eigenvalue weighted by Crippen LogP contribution is -2.02. The first-order valence-electron chi connectivity index (χ1n) is 7.08. The number of para-hydroxylation sites is 1. The predicted molar refractivity (Wildman–Crippen MR) is 83.7 cm³/mol. The summed E-state index contributed by atoms with van der Waals surface area (Å²) in [5, 5.41) is 8.45. The Bertz CT molecular complexity index is 987. The van der Waals surface area contributed by atoms with E-state index in [1.54, 1.807) is 28.9 Å². The number of fused-ring (bicyclic) bond motifs is 1. The van der Waals surface area contributed by atoms with Crippen LogP contribution in [0, 0.1) is 5.82 Å². The van der Waals surface area contributed by atoms with Gasteiger partial charge in [0.1, 0.15) is 23.3 Å². The van der Waals surface area contributed by atoms with Crippen molar-refractivity contribution < 1.29 is 4.39 Å². The third-order valence-corrected chi connectivity index (χ3v) is 3.68. The summed E-state index contributed by atoms with van der Waals surface area (Å²) < 4.78 is 17.1. The summed E-state index contributed by atoms with van der Waals surface area (Å²) in [6, 6.07) is 10.4. The lowest BCUT2D eigenvalue weighted by Gasteiger charge is -2.02. The molecule has 0 aliphatic heterocycles. The molecule has 6 nitrogen and oxygen atoms in total. The number of rotatable bonds is 3. The van der Waals surface area contributed by atoms with E-state index in [1.807, 2.05) is 18.3 Å². The summed E-state index contributed by atoms with van der Waals surface area (Å²) in [6.45, 7) is 0. The van der Waals surface area contributed by atoms with E-state index >= 15 is 0 Å². The molecule has 114 valence electrons. The molecule has 7 heteroatoms. The maximum Gasteiger partial charge on any atom is 0.151 e. The molecule has 4 rings (SSSR count). The standard InChI is InChI=1S/C16H13FN6/c17-13-3-1-2-4-14(13)22-9-11(8-20-22)7-12-5-6-15-16(18)19-10-21-23(12)15/h1-6,8-10H,7H2,(H2,18,19,21). The average molecular weight is 308 g/mol. The van der Waals surface area contributed by atoms with Gasteiger partial charge in [0, 0.05) is 18.3 Å². The lowest BCUT2D eigenvalue weighted by molar-refractivity contribution is 0.611. The normalized spacial score (nSPS) is 11.2. The summed E-state index contributed by atoms with van der Waals surface area (Å²) in [5.41, 5.74) is 8.93. The molecule has 0 unspecified atom stereocenters. The minimum atomic E-state index is -0.309. The molecule has 1 aromatic carbocycles. The quantitative estimate of drug-likeness (QED) is 0.630. The molecule has 4 aromatic rings. The minimum absolute atomic E-state index is 0.309. The summed E-state index contributed by atoms with van der Waals surface area (Å²) in [5.74, 6) is 0.129. The fraction of sp³-hybridized carbons (Fsp3) is 0.0625. The van der Waals surface area contributed by atoms with Gasteiger partial charge in [-0.1, -0.05) is 12.1 Å². The van der Waals surface area contributed by atoms with Crippen LogP contribution in [0.25, 0.3) is 11.2 Å². The van der Waals surface area contributed by atoms with E-state index in [0.29, 0.717) is 17.9 Å². The molecule has 0 amide bonds. The van der Waals surface area contributed by atoms with E-state index in [1.165, 1.54) is 17.1 Å². The highest BCUT2D eigenvalue weighted by Gasteiger charge is 2.10. The Morgan fingerprint density at radius 3 is 2.83 bits per heavy atom. The van der Waals surface area contributed by atoms with Gasteiger partial charge in [-0.3, -0.25) is 0 Å². The third kappa shape index (κ3) is 2.32. The number of nitrogen functional groups attached to an aromatic ring is 1. The van der Waals surface area contributed by atoms with Gasteiger partial charge in [-0.25, -0.2) is 18.6 Å². The molecule has 3 heterocycles. The van der Waals surface area contributed by atoms with Crippen LogP contribution in [0.5, 0.6) is 0 Å². The molecule has 3 aromatic heterocycles. The number of anilines is 1. The molecule has 2 N–H and O–H groups in total. The van der Waals surface area contributed by atoms with Crippen molar-refractivity contribution in [2.75, 3.05) is 5.73 Å². The van der Waals surface area contributed by atoms with Crippen molar-refractivity contribution in [2.45, 2.75) is 6.42 Å². The first-order chi connectivity index (χ1) is 11.2. The van der Waals surface area contributed by atoms with Crippen LogP contribution in [0.3, 0.4) is 0 Å². The molecule has 0 radical (unpaired) electrons. The van der Waals surface area contributed by atoms with Crippen LogP contribution in [-0.4, -0.2) is 24.4 Å². The van der Waals surface area contributed by atoms with Crippen molar-refractivity contribution in [3.63, 3.8) is 0 Å². The number of nitrogens with zero attached hydrogens (tertiary/aromatic N) is 5. The predicted octanol–water partition coefficient (Wildman–Crippen LogP) is 2.23. The monoisotopic (exact) mass is 308 g/mol. The number of nitrogens with two attached hydrogens (primary N) is 1. The fourth-order valence-electron chi connectivity index (χ4n) is 2.57. The Morgan fingerprint density at radius 2 is 1.96 bits per heavy atom. The maximum absolute atomic E-state index is 13.8. The van der Waals surface area contributed by atoms with Gasteiger partial charge in [0.05, 0.1) is 6.20 Å². The first kappa shape index (κ1) is 13.4. The molecule has 0 fully saturated rings. The Balaban J connectivity index is 1.67. The van der Waals surface area contributed by atoms with Crippen LogP contribution in [-0.2, 0) is 6.42 Å². The van der Waals surface area contributed by atoms with E-state index in [4.69, 9.17) is 5.73 Å². The largest absolute Gasteiger partial charge is 0.382 e. The molecule has 0 saturated heterocycles. The SMILES string of the molecule is Nc1ncnn2c(Cc3cnn(-c4ccccc4F)c3)ccc12.